The molecule has 0 aliphatic carbocycles. The molecule has 0 amide bonds. The van der Waals surface area contributed by atoms with Crippen molar-refractivity contribution < 1.29 is 14.7 Å². The Morgan fingerprint density at radius 2 is 1.96 bits per heavy atom. The van der Waals surface area contributed by atoms with Gasteiger partial charge in [0, 0.05) is 11.1 Å². The van der Waals surface area contributed by atoms with E-state index in [1.807, 2.05) is 18.2 Å². The standard InChI is InChI=1S/C19H21NO3/c1-4-5-17-10-16(12-20-21)11-18(22-3)19(17)23-13-15-8-6-14(2)7-9-15/h4,6-12,21H,1,5,13H2,2-3H3/b20-12-. The number of allylic oxidation sites excluding steroid dienone is 1. The number of nitrogens with zero attached hydrogens (tertiary/aromatic N) is 1. The average molecular weight is 311 g/mol. The molecule has 1 N–H and O–H groups in total. The molecule has 4 nitrogen and oxygen atoms in total. The zero-order chi connectivity index (χ0) is 16.7. The van der Waals surface area contributed by atoms with Crippen LogP contribution in [0.4, 0.5) is 0 Å². The number of rotatable bonds is 7. The first-order valence-corrected chi connectivity index (χ1v) is 7.35. The van der Waals surface area contributed by atoms with Crippen LogP contribution in [0.2, 0.25) is 0 Å². The van der Waals surface area contributed by atoms with Crippen LogP contribution in [0.25, 0.3) is 0 Å². The second-order valence-electron chi connectivity index (χ2n) is 5.22. The van der Waals surface area contributed by atoms with Gasteiger partial charge in [0.15, 0.2) is 11.5 Å². The minimum Gasteiger partial charge on any atom is -0.493 e. The van der Waals surface area contributed by atoms with Gasteiger partial charge in [0.05, 0.1) is 13.3 Å². The normalized spacial score (nSPS) is 10.7. The van der Waals surface area contributed by atoms with Crippen LogP contribution in [0, 0.1) is 6.92 Å². The van der Waals surface area contributed by atoms with E-state index < -0.39 is 0 Å². The van der Waals surface area contributed by atoms with E-state index in [1.54, 1.807) is 19.3 Å². The van der Waals surface area contributed by atoms with Gasteiger partial charge in [-0.1, -0.05) is 41.1 Å². The summed E-state index contributed by atoms with van der Waals surface area (Å²) in [5.41, 5.74) is 3.97. The predicted octanol–water partition coefficient (Wildman–Crippen LogP) is 4.12. The summed E-state index contributed by atoms with van der Waals surface area (Å²) < 4.78 is 11.4. The van der Waals surface area contributed by atoms with Crippen molar-refractivity contribution in [3.05, 3.63) is 71.3 Å². The van der Waals surface area contributed by atoms with Gasteiger partial charge in [0.1, 0.15) is 6.61 Å². The van der Waals surface area contributed by atoms with Crippen molar-refractivity contribution in [3.8, 4) is 11.5 Å². The van der Waals surface area contributed by atoms with Gasteiger partial charge in [0.2, 0.25) is 0 Å². The van der Waals surface area contributed by atoms with E-state index in [0.29, 0.717) is 24.5 Å². The van der Waals surface area contributed by atoms with E-state index in [4.69, 9.17) is 14.7 Å². The lowest BCUT2D eigenvalue weighted by molar-refractivity contribution is 0.282. The topological polar surface area (TPSA) is 51.1 Å². The first-order valence-electron chi connectivity index (χ1n) is 7.35. The van der Waals surface area contributed by atoms with Crippen LogP contribution in [-0.4, -0.2) is 18.5 Å². The number of oxime groups is 1. The SMILES string of the molecule is C=CCc1cc(/C=N\O)cc(OC)c1OCc1ccc(C)cc1. The number of methoxy groups -OCH3 is 1. The third-order valence-corrected chi connectivity index (χ3v) is 3.45. The van der Waals surface area contributed by atoms with Gasteiger partial charge in [-0.15, -0.1) is 6.58 Å². The molecule has 0 atom stereocenters. The number of aryl methyl sites for hydroxylation is 1. The minimum atomic E-state index is 0.453. The summed E-state index contributed by atoms with van der Waals surface area (Å²) in [6, 6.07) is 11.9. The van der Waals surface area contributed by atoms with Crippen molar-refractivity contribution in [2.75, 3.05) is 7.11 Å². The first kappa shape index (κ1) is 16.6. The number of hydrogen-bond acceptors (Lipinski definition) is 4. The fourth-order valence-electron chi connectivity index (χ4n) is 2.29. The molecule has 0 aromatic heterocycles. The van der Waals surface area contributed by atoms with E-state index in [-0.39, 0.29) is 0 Å². The lowest BCUT2D eigenvalue weighted by Gasteiger charge is -2.15. The molecule has 0 saturated heterocycles. The van der Waals surface area contributed by atoms with Crippen molar-refractivity contribution in [3.63, 3.8) is 0 Å². The number of benzene rings is 2. The van der Waals surface area contributed by atoms with E-state index in [9.17, 15) is 0 Å². The maximum absolute atomic E-state index is 8.73. The lowest BCUT2D eigenvalue weighted by Crippen LogP contribution is -2.02. The minimum absolute atomic E-state index is 0.453. The summed E-state index contributed by atoms with van der Waals surface area (Å²) in [5, 5.41) is 11.8. The highest BCUT2D eigenvalue weighted by molar-refractivity contribution is 5.81. The molecule has 0 unspecified atom stereocenters. The zero-order valence-electron chi connectivity index (χ0n) is 13.5. The average Bonchev–Trinajstić information content (AvgIpc) is 2.55. The van der Waals surface area contributed by atoms with Gasteiger partial charge in [-0.25, -0.2) is 0 Å². The van der Waals surface area contributed by atoms with Crippen LogP contribution >= 0.6 is 0 Å². The molecular weight excluding hydrogens is 290 g/mol. The molecule has 23 heavy (non-hydrogen) atoms. The van der Waals surface area contributed by atoms with Crippen LogP contribution in [0.5, 0.6) is 11.5 Å². The van der Waals surface area contributed by atoms with Gasteiger partial charge >= 0.3 is 0 Å². The molecule has 2 rings (SSSR count). The molecule has 0 fully saturated rings. The monoisotopic (exact) mass is 311 g/mol. The predicted molar refractivity (Wildman–Crippen MR) is 91.8 cm³/mol. The van der Waals surface area contributed by atoms with Gasteiger partial charge in [-0.2, -0.15) is 0 Å². The smallest absolute Gasteiger partial charge is 0.165 e. The van der Waals surface area contributed by atoms with E-state index >= 15 is 0 Å². The second-order valence-corrected chi connectivity index (χ2v) is 5.22. The largest absolute Gasteiger partial charge is 0.493 e. The highest BCUT2D eigenvalue weighted by Gasteiger charge is 2.12. The number of ether oxygens (including phenoxy) is 2. The molecule has 0 spiro atoms. The summed E-state index contributed by atoms with van der Waals surface area (Å²) in [5.74, 6) is 1.29. The molecular formula is C19H21NO3. The first-order chi connectivity index (χ1) is 11.2. The quantitative estimate of drug-likeness (QED) is 0.362. The molecule has 120 valence electrons. The summed E-state index contributed by atoms with van der Waals surface area (Å²) in [6.45, 7) is 6.28. The van der Waals surface area contributed by atoms with Crippen molar-refractivity contribution in [2.24, 2.45) is 5.16 Å². The molecule has 0 bridgehead atoms. The Hall–Kier alpha value is -2.75. The van der Waals surface area contributed by atoms with Crippen LogP contribution in [0.15, 0.2) is 54.2 Å². The molecule has 2 aromatic carbocycles. The Labute approximate surface area is 136 Å². The van der Waals surface area contributed by atoms with Crippen molar-refractivity contribution in [1.29, 1.82) is 0 Å². The summed E-state index contributed by atoms with van der Waals surface area (Å²) in [6.07, 6.45) is 3.79. The molecule has 0 aliphatic rings. The Kier molecular flexibility index (Phi) is 5.80. The summed E-state index contributed by atoms with van der Waals surface area (Å²) in [7, 11) is 1.59. The Bertz CT molecular complexity index is 691. The second kappa shape index (κ2) is 8.03. The summed E-state index contributed by atoms with van der Waals surface area (Å²) in [4.78, 5) is 0. The molecule has 0 heterocycles. The molecule has 4 heteroatoms. The van der Waals surface area contributed by atoms with Crippen molar-refractivity contribution in [2.45, 2.75) is 20.0 Å². The molecule has 0 aliphatic heterocycles. The van der Waals surface area contributed by atoms with E-state index in [2.05, 4.69) is 30.8 Å². The highest BCUT2D eigenvalue weighted by atomic mass is 16.5. The maximum Gasteiger partial charge on any atom is 0.165 e. The summed E-state index contributed by atoms with van der Waals surface area (Å²) >= 11 is 0. The van der Waals surface area contributed by atoms with Crippen LogP contribution < -0.4 is 9.47 Å². The van der Waals surface area contributed by atoms with E-state index in [1.165, 1.54) is 11.8 Å². The van der Waals surface area contributed by atoms with Crippen LogP contribution in [0.3, 0.4) is 0 Å². The van der Waals surface area contributed by atoms with Crippen LogP contribution in [-0.2, 0) is 13.0 Å². The number of hydrogen-bond donors (Lipinski definition) is 1. The Balaban J connectivity index is 2.30. The lowest BCUT2D eigenvalue weighted by atomic mass is 10.1. The zero-order valence-corrected chi connectivity index (χ0v) is 13.5. The van der Waals surface area contributed by atoms with Crippen molar-refractivity contribution in [1.82, 2.24) is 0 Å². The Morgan fingerprint density at radius 1 is 1.22 bits per heavy atom. The fraction of sp³-hybridized carbons (Fsp3) is 0.211. The molecule has 0 saturated carbocycles. The maximum atomic E-state index is 8.73. The van der Waals surface area contributed by atoms with E-state index in [0.717, 1.165) is 16.7 Å². The highest BCUT2D eigenvalue weighted by Crippen LogP contribution is 2.34. The van der Waals surface area contributed by atoms with Gasteiger partial charge in [0.25, 0.3) is 0 Å². The van der Waals surface area contributed by atoms with Gasteiger partial charge in [-0.3, -0.25) is 0 Å². The molecule has 0 radical (unpaired) electrons. The van der Waals surface area contributed by atoms with Crippen molar-refractivity contribution >= 4 is 6.21 Å². The van der Waals surface area contributed by atoms with Gasteiger partial charge in [-0.05, 0) is 31.0 Å². The third-order valence-electron chi connectivity index (χ3n) is 3.45. The third kappa shape index (κ3) is 4.36. The van der Waals surface area contributed by atoms with Crippen LogP contribution in [0.1, 0.15) is 22.3 Å². The van der Waals surface area contributed by atoms with Gasteiger partial charge < -0.3 is 14.7 Å². The fourth-order valence-corrected chi connectivity index (χ4v) is 2.29. The Morgan fingerprint density at radius 3 is 2.57 bits per heavy atom. The molecule has 2 aromatic rings.